The lowest BCUT2D eigenvalue weighted by molar-refractivity contribution is -0.584. The molecule has 1 fully saturated rings. The van der Waals surface area contributed by atoms with E-state index in [2.05, 4.69) is 61.0 Å². The molecule has 5 heteroatoms. The highest BCUT2D eigenvalue weighted by Crippen LogP contribution is 2.43. The van der Waals surface area contributed by atoms with Crippen LogP contribution in [0.3, 0.4) is 0 Å². The number of allylic oxidation sites excluding steroid dienone is 7. The summed E-state index contributed by atoms with van der Waals surface area (Å²) in [4.78, 5) is 14.7. The summed E-state index contributed by atoms with van der Waals surface area (Å²) in [5.41, 5.74) is 5.24. The van der Waals surface area contributed by atoms with Crippen molar-refractivity contribution in [1.29, 1.82) is 0 Å². The molecular weight excluding hydrogens is 360 g/mol. The van der Waals surface area contributed by atoms with E-state index in [1.165, 1.54) is 34.3 Å². The number of thioether (sulfide) groups is 1. The number of hydrogen-bond acceptors (Lipinski definition) is 3. The summed E-state index contributed by atoms with van der Waals surface area (Å²) in [6, 6.07) is 6.37. The van der Waals surface area contributed by atoms with E-state index in [0.717, 1.165) is 6.42 Å². The second-order valence-electron chi connectivity index (χ2n) is 7.14. The first kappa shape index (κ1) is 17.4. The molecule has 1 saturated heterocycles. The van der Waals surface area contributed by atoms with Crippen molar-refractivity contribution in [3.63, 3.8) is 0 Å². The fourth-order valence-corrected chi connectivity index (χ4v) is 5.13. The fourth-order valence-electron chi connectivity index (χ4n) is 3.81. The third-order valence-corrected chi connectivity index (χ3v) is 6.69. The molecule has 0 spiro atoms. The van der Waals surface area contributed by atoms with Crippen LogP contribution in [-0.4, -0.2) is 21.7 Å². The Bertz CT molecular complexity index is 951. The van der Waals surface area contributed by atoms with Crippen LogP contribution in [0.5, 0.6) is 0 Å². The summed E-state index contributed by atoms with van der Waals surface area (Å²) < 4.78 is 2.93. The predicted molar refractivity (Wildman–Crippen MR) is 110 cm³/mol. The topological polar surface area (TPSA) is 24.2 Å². The van der Waals surface area contributed by atoms with E-state index in [9.17, 15) is 4.79 Å². The van der Waals surface area contributed by atoms with Gasteiger partial charge in [-0.3, -0.25) is 9.69 Å². The number of likely N-dealkylation sites (N-methyl/N-ethyl adjacent to an activating group) is 1. The van der Waals surface area contributed by atoms with Gasteiger partial charge in [-0.25, -0.2) is 0 Å². The van der Waals surface area contributed by atoms with Crippen LogP contribution in [0, 0.1) is 0 Å². The predicted octanol–water partition coefficient (Wildman–Crippen LogP) is 4.13. The maximum absolute atomic E-state index is 12.3. The van der Waals surface area contributed by atoms with Crippen molar-refractivity contribution in [2.24, 2.45) is 0 Å². The third-order valence-electron chi connectivity index (χ3n) is 5.30. The zero-order valence-corrected chi connectivity index (χ0v) is 16.8. The van der Waals surface area contributed by atoms with Crippen molar-refractivity contribution in [3.05, 3.63) is 70.4 Å². The van der Waals surface area contributed by atoms with Gasteiger partial charge in [-0.15, -0.1) is 0 Å². The van der Waals surface area contributed by atoms with Crippen molar-refractivity contribution in [2.75, 3.05) is 6.54 Å². The van der Waals surface area contributed by atoms with E-state index in [-0.39, 0.29) is 11.3 Å². The van der Waals surface area contributed by atoms with Crippen LogP contribution in [0.25, 0.3) is 5.70 Å². The molecule has 3 heterocycles. The fraction of sp³-hybridized carbons (Fsp3) is 0.286. The summed E-state index contributed by atoms with van der Waals surface area (Å²) in [6.45, 7) is 7.13. The lowest BCUT2D eigenvalue weighted by Crippen LogP contribution is -2.35. The normalized spacial score (nSPS) is 24.0. The minimum Gasteiger partial charge on any atom is -0.293 e. The summed E-state index contributed by atoms with van der Waals surface area (Å²) in [5.74, 6) is 0.0169. The number of amides is 1. The standard InChI is InChI=1S/C21H21N2OS2/c1-4-22-19(24)17(26-20(22)25)11-9-14-8-10-16-15(13-14)21(2,3)18-7-5-6-12-23(16)18/h5-12H,4,13H2,1-3H3/q+1. The van der Waals surface area contributed by atoms with Crippen molar-refractivity contribution in [2.45, 2.75) is 32.6 Å². The van der Waals surface area contributed by atoms with E-state index in [1.54, 1.807) is 4.90 Å². The highest BCUT2D eigenvalue weighted by atomic mass is 32.2. The van der Waals surface area contributed by atoms with Crippen molar-refractivity contribution in [1.82, 2.24) is 4.90 Å². The number of aromatic nitrogens is 1. The lowest BCUT2D eigenvalue weighted by Gasteiger charge is -2.19. The van der Waals surface area contributed by atoms with Gasteiger partial charge in [0.25, 0.3) is 5.91 Å². The first-order valence-corrected chi connectivity index (χ1v) is 10.0. The van der Waals surface area contributed by atoms with Gasteiger partial charge in [0.1, 0.15) is 4.32 Å². The molecule has 0 saturated carbocycles. The molecule has 1 aromatic heterocycles. The summed E-state index contributed by atoms with van der Waals surface area (Å²) in [6.07, 6.45) is 11.4. The van der Waals surface area contributed by atoms with Gasteiger partial charge >= 0.3 is 0 Å². The molecule has 1 aromatic rings. The number of pyridine rings is 1. The Morgan fingerprint density at radius 1 is 1.31 bits per heavy atom. The molecule has 3 aliphatic rings. The Balaban J connectivity index is 1.62. The molecule has 26 heavy (non-hydrogen) atoms. The lowest BCUT2D eigenvalue weighted by atomic mass is 9.78. The van der Waals surface area contributed by atoms with E-state index in [4.69, 9.17) is 12.2 Å². The van der Waals surface area contributed by atoms with Crippen LogP contribution < -0.4 is 4.57 Å². The number of hydrogen-bond donors (Lipinski definition) is 0. The Kier molecular flexibility index (Phi) is 4.24. The molecule has 0 atom stereocenters. The molecule has 3 nitrogen and oxygen atoms in total. The number of carbonyl (C=O) groups is 1. The third kappa shape index (κ3) is 2.61. The summed E-state index contributed by atoms with van der Waals surface area (Å²) >= 11 is 6.67. The number of rotatable bonds is 2. The Hall–Kier alpha value is -1.98. The van der Waals surface area contributed by atoms with Crippen LogP contribution in [0.4, 0.5) is 0 Å². The number of carbonyl (C=O) groups excluding carboxylic acids is 1. The Morgan fingerprint density at radius 3 is 2.85 bits per heavy atom. The largest absolute Gasteiger partial charge is 0.293 e. The molecule has 0 bridgehead atoms. The first-order valence-electron chi connectivity index (χ1n) is 8.81. The van der Waals surface area contributed by atoms with Crippen molar-refractivity contribution < 1.29 is 9.36 Å². The zero-order chi connectivity index (χ0) is 18.5. The van der Waals surface area contributed by atoms with E-state index in [1.807, 2.05) is 13.0 Å². The van der Waals surface area contributed by atoms with Crippen LogP contribution in [0.15, 0.2) is 64.8 Å². The highest BCUT2D eigenvalue weighted by Gasteiger charge is 2.45. The van der Waals surface area contributed by atoms with Gasteiger partial charge in [0.05, 0.1) is 10.3 Å². The smallest absolute Gasteiger partial charge is 0.266 e. The molecule has 2 aliphatic heterocycles. The monoisotopic (exact) mass is 381 g/mol. The highest BCUT2D eigenvalue weighted by molar-refractivity contribution is 8.26. The molecule has 132 valence electrons. The van der Waals surface area contributed by atoms with Gasteiger partial charge < -0.3 is 0 Å². The molecule has 0 N–H and O–H groups in total. The van der Waals surface area contributed by atoms with Gasteiger partial charge in [-0.05, 0) is 32.4 Å². The second kappa shape index (κ2) is 6.32. The SMILES string of the molecule is CCN1C(=O)C(=CC=C2C=CC3=C(C2)C(C)(C)c2cccc[n+]23)SC1=S. The average molecular weight is 382 g/mol. The first-order chi connectivity index (χ1) is 12.4. The van der Waals surface area contributed by atoms with Gasteiger partial charge in [0.2, 0.25) is 5.70 Å². The maximum atomic E-state index is 12.3. The molecule has 1 amide bonds. The minimum atomic E-state index is 0.00604. The van der Waals surface area contributed by atoms with Gasteiger partial charge in [-0.1, -0.05) is 42.2 Å². The van der Waals surface area contributed by atoms with E-state index < -0.39 is 0 Å². The van der Waals surface area contributed by atoms with Crippen molar-refractivity contribution >= 4 is 39.9 Å². The molecule has 1 aliphatic carbocycles. The average Bonchev–Trinajstić information content (AvgIpc) is 3.04. The van der Waals surface area contributed by atoms with Crippen LogP contribution in [0.2, 0.25) is 0 Å². The molecule has 0 unspecified atom stereocenters. The van der Waals surface area contributed by atoms with E-state index >= 15 is 0 Å². The molecular formula is C21H21N2OS2+. The van der Waals surface area contributed by atoms with Crippen LogP contribution in [0.1, 0.15) is 32.9 Å². The summed E-state index contributed by atoms with van der Waals surface area (Å²) in [5, 5.41) is 0. The van der Waals surface area contributed by atoms with Gasteiger partial charge in [-0.2, -0.15) is 4.57 Å². The van der Waals surface area contributed by atoms with E-state index in [0.29, 0.717) is 15.8 Å². The van der Waals surface area contributed by atoms with Crippen LogP contribution >= 0.6 is 24.0 Å². The van der Waals surface area contributed by atoms with Gasteiger partial charge in [0.15, 0.2) is 11.9 Å². The Labute approximate surface area is 163 Å². The molecule has 0 aromatic carbocycles. The molecule has 4 rings (SSSR count). The molecule has 0 radical (unpaired) electrons. The maximum Gasteiger partial charge on any atom is 0.266 e. The zero-order valence-electron chi connectivity index (χ0n) is 15.2. The quantitative estimate of drug-likeness (QED) is 0.437. The van der Waals surface area contributed by atoms with Gasteiger partial charge in [0, 0.05) is 36.7 Å². The minimum absolute atomic E-state index is 0.00604. The number of nitrogens with zero attached hydrogens (tertiary/aromatic N) is 2. The second-order valence-corrected chi connectivity index (χ2v) is 8.82. The number of thiocarbonyl (C=S) groups is 1. The number of fused-ring (bicyclic) bond motifs is 2. The van der Waals surface area contributed by atoms with Crippen molar-refractivity contribution in [3.8, 4) is 0 Å². The van der Waals surface area contributed by atoms with Crippen LogP contribution in [-0.2, 0) is 10.2 Å². The summed E-state index contributed by atoms with van der Waals surface area (Å²) in [7, 11) is 0. The Morgan fingerprint density at radius 2 is 2.12 bits per heavy atom.